The number of nitrogens with one attached hydrogen (secondary N) is 1. The first-order chi connectivity index (χ1) is 11.0. The van der Waals surface area contributed by atoms with Crippen LogP contribution in [0.3, 0.4) is 0 Å². The van der Waals surface area contributed by atoms with Crippen LogP contribution in [0.1, 0.15) is 15.2 Å². The van der Waals surface area contributed by atoms with Gasteiger partial charge in [-0.3, -0.25) is 14.9 Å². The maximum Gasteiger partial charge on any atom is 0.349 e. The number of nitrogens with zero attached hydrogens (tertiary/aromatic N) is 1. The van der Waals surface area contributed by atoms with Crippen LogP contribution in [-0.2, 0) is 16.1 Å². The van der Waals surface area contributed by atoms with Crippen LogP contribution in [0.4, 0.5) is 5.00 Å². The Morgan fingerprint density at radius 1 is 1.26 bits per heavy atom. The second-order valence-corrected chi connectivity index (χ2v) is 5.81. The van der Waals surface area contributed by atoms with Crippen molar-refractivity contribution in [1.82, 2.24) is 5.32 Å². The number of ether oxygens (including phenoxy) is 1. The monoisotopic (exact) mass is 354 g/mol. The normalized spacial score (nSPS) is 10.1. The predicted molar refractivity (Wildman–Crippen MR) is 84.6 cm³/mol. The Bertz CT molecular complexity index is 746. The zero-order chi connectivity index (χ0) is 16.8. The Kier molecular flexibility index (Phi) is 5.67. The zero-order valence-corrected chi connectivity index (χ0v) is 13.2. The van der Waals surface area contributed by atoms with Gasteiger partial charge in [-0.2, -0.15) is 0 Å². The summed E-state index contributed by atoms with van der Waals surface area (Å²) in [5, 5.41) is 13.5. The molecule has 1 N–H and O–H groups in total. The molecular weight excluding hydrogens is 344 g/mol. The molecule has 1 amide bonds. The summed E-state index contributed by atoms with van der Waals surface area (Å²) in [6, 6.07) is 9.52. The van der Waals surface area contributed by atoms with Crippen molar-refractivity contribution in [2.24, 2.45) is 0 Å². The molecular formula is C14H11ClN2O5S. The van der Waals surface area contributed by atoms with Gasteiger partial charge < -0.3 is 10.1 Å². The van der Waals surface area contributed by atoms with Crippen LogP contribution in [0.5, 0.6) is 0 Å². The van der Waals surface area contributed by atoms with Crippen LogP contribution in [0, 0.1) is 10.1 Å². The SMILES string of the molecule is O=C(COC(=O)c1ccc([N+](=O)[O-])s1)NCc1ccccc1Cl. The molecule has 0 bridgehead atoms. The van der Waals surface area contributed by atoms with Gasteiger partial charge in [-0.25, -0.2) is 4.79 Å². The third-order valence-corrected chi connectivity index (χ3v) is 4.13. The Morgan fingerprint density at radius 3 is 2.65 bits per heavy atom. The molecule has 0 aliphatic rings. The van der Waals surface area contributed by atoms with Gasteiger partial charge in [-0.15, -0.1) is 0 Å². The van der Waals surface area contributed by atoms with E-state index < -0.39 is 23.4 Å². The van der Waals surface area contributed by atoms with Crippen molar-refractivity contribution in [1.29, 1.82) is 0 Å². The number of nitro groups is 1. The first kappa shape index (κ1) is 16.9. The molecule has 0 atom stereocenters. The second-order valence-electron chi connectivity index (χ2n) is 4.34. The topological polar surface area (TPSA) is 98.5 Å². The molecule has 9 heteroatoms. The molecule has 0 saturated heterocycles. The van der Waals surface area contributed by atoms with Gasteiger partial charge in [0.2, 0.25) is 0 Å². The Morgan fingerprint density at radius 2 is 2.00 bits per heavy atom. The zero-order valence-electron chi connectivity index (χ0n) is 11.7. The minimum Gasteiger partial charge on any atom is -0.451 e. The lowest BCUT2D eigenvalue weighted by Gasteiger charge is -2.07. The van der Waals surface area contributed by atoms with E-state index in [9.17, 15) is 19.7 Å². The van der Waals surface area contributed by atoms with Gasteiger partial charge in [0.1, 0.15) is 4.88 Å². The van der Waals surface area contributed by atoms with Gasteiger partial charge in [0, 0.05) is 17.6 Å². The number of rotatable bonds is 6. The summed E-state index contributed by atoms with van der Waals surface area (Å²) in [7, 11) is 0. The van der Waals surface area contributed by atoms with E-state index in [0.717, 1.165) is 5.56 Å². The molecule has 0 fully saturated rings. The summed E-state index contributed by atoms with van der Waals surface area (Å²) in [6.07, 6.45) is 0. The number of carbonyl (C=O) groups is 2. The van der Waals surface area contributed by atoms with Crippen molar-refractivity contribution in [3.63, 3.8) is 0 Å². The smallest absolute Gasteiger partial charge is 0.349 e. The Hall–Kier alpha value is -2.45. The largest absolute Gasteiger partial charge is 0.451 e. The number of thiophene rings is 1. The fraction of sp³-hybridized carbons (Fsp3) is 0.143. The Labute approximate surface area is 140 Å². The summed E-state index contributed by atoms with van der Waals surface area (Å²) >= 11 is 6.64. The summed E-state index contributed by atoms with van der Waals surface area (Å²) in [4.78, 5) is 33.3. The molecule has 0 spiro atoms. The Balaban J connectivity index is 1.80. The maximum absolute atomic E-state index is 11.7. The molecule has 0 radical (unpaired) electrons. The average Bonchev–Trinajstić information content (AvgIpc) is 3.02. The highest BCUT2D eigenvalue weighted by Crippen LogP contribution is 2.24. The number of hydrogen-bond acceptors (Lipinski definition) is 6. The predicted octanol–water partition coefficient (Wildman–Crippen LogP) is 2.78. The molecule has 2 rings (SSSR count). The number of esters is 1. The molecule has 1 aromatic carbocycles. The second kappa shape index (κ2) is 7.70. The summed E-state index contributed by atoms with van der Waals surface area (Å²) in [5.41, 5.74) is 0.739. The number of carbonyl (C=O) groups excluding carboxylic acids is 2. The van der Waals surface area contributed by atoms with Gasteiger partial charge in [-0.1, -0.05) is 41.1 Å². The van der Waals surface area contributed by atoms with Crippen molar-refractivity contribution in [2.45, 2.75) is 6.54 Å². The number of benzene rings is 1. The van der Waals surface area contributed by atoms with E-state index in [2.05, 4.69) is 5.32 Å². The van der Waals surface area contributed by atoms with Crippen molar-refractivity contribution < 1.29 is 19.2 Å². The first-order valence-corrected chi connectivity index (χ1v) is 7.58. The molecule has 7 nitrogen and oxygen atoms in total. The van der Waals surface area contributed by atoms with Gasteiger partial charge in [0.15, 0.2) is 6.61 Å². The molecule has 2 aromatic rings. The highest BCUT2D eigenvalue weighted by Gasteiger charge is 2.17. The third kappa shape index (κ3) is 4.76. The van der Waals surface area contributed by atoms with Gasteiger partial charge >= 0.3 is 11.0 Å². The minimum atomic E-state index is -0.781. The number of hydrogen-bond donors (Lipinski definition) is 1. The van der Waals surface area contributed by atoms with E-state index in [0.29, 0.717) is 16.4 Å². The lowest BCUT2D eigenvalue weighted by molar-refractivity contribution is -0.380. The lowest BCUT2D eigenvalue weighted by atomic mass is 10.2. The van der Waals surface area contributed by atoms with E-state index >= 15 is 0 Å². The molecule has 23 heavy (non-hydrogen) atoms. The van der Waals surface area contributed by atoms with Gasteiger partial charge in [0.05, 0.1) is 4.92 Å². The molecule has 1 heterocycles. The van der Waals surface area contributed by atoms with E-state index in [1.807, 2.05) is 0 Å². The van der Waals surface area contributed by atoms with Crippen LogP contribution < -0.4 is 5.32 Å². The van der Waals surface area contributed by atoms with E-state index in [1.165, 1.54) is 12.1 Å². The molecule has 0 saturated carbocycles. The van der Waals surface area contributed by atoms with Gasteiger partial charge in [-0.05, 0) is 17.7 Å². The standard InChI is InChI=1S/C14H11ClN2O5S/c15-10-4-2-1-3-9(10)7-16-12(18)8-22-14(19)11-5-6-13(23-11)17(20)21/h1-6H,7-8H2,(H,16,18). The minimum absolute atomic E-state index is 0.0654. The van der Waals surface area contributed by atoms with Crippen LogP contribution in [0.15, 0.2) is 36.4 Å². The fourth-order valence-electron chi connectivity index (χ4n) is 1.62. The van der Waals surface area contributed by atoms with Gasteiger partial charge in [0.25, 0.3) is 5.91 Å². The number of amides is 1. The van der Waals surface area contributed by atoms with Crippen molar-refractivity contribution >= 4 is 39.8 Å². The molecule has 1 aromatic heterocycles. The highest BCUT2D eigenvalue weighted by molar-refractivity contribution is 7.17. The van der Waals surface area contributed by atoms with E-state index in [-0.39, 0.29) is 16.4 Å². The van der Waals surface area contributed by atoms with Crippen LogP contribution in [-0.4, -0.2) is 23.4 Å². The van der Waals surface area contributed by atoms with Crippen molar-refractivity contribution in [2.75, 3.05) is 6.61 Å². The summed E-state index contributed by atoms with van der Waals surface area (Å²) in [6.45, 7) is -0.268. The highest BCUT2D eigenvalue weighted by atomic mass is 35.5. The lowest BCUT2D eigenvalue weighted by Crippen LogP contribution is -2.28. The molecule has 0 unspecified atom stereocenters. The third-order valence-electron chi connectivity index (χ3n) is 2.74. The average molecular weight is 355 g/mol. The molecule has 120 valence electrons. The molecule has 0 aliphatic carbocycles. The summed E-state index contributed by atoms with van der Waals surface area (Å²) < 4.78 is 4.81. The van der Waals surface area contributed by atoms with Crippen LogP contribution >= 0.6 is 22.9 Å². The number of halogens is 1. The molecule has 0 aliphatic heterocycles. The van der Waals surface area contributed by atoms with Crippen molar-refractivity contribution in [3.8, 4) is 0 Å². The fourth-order valence-corrected chi connectivity index (χ4v) is 2.54. The van der Waals surface area contributed by atoms with Crippen LogP contribution in [0.25, 0.3) is 0 Å². The maximum atomic E-state index is 11.7. The summed E-state index contributed by atoms with van der Waals surface area (Å²) in [5.74, 6) is -1.28. The van der Waals surface area contributed by atoms with E-state index in [4.69, 9.17) is 16.3 Å². The first-order valence-electron chi connectivity index (χ1n) is 6.39. The quantitative estimate of drug-likeness (QED) is 0.488. The van der Waals surface area contributed by atoms with E-state index in [1.54, 1.807) is 24.3 Å². The van der Waals surface area contributed by atoms with Crippen molar-refractivity contribution in [3.05, 3.63) is 62.0 Å². The van der Waals surface area contributed by atoms with Crippen LogP contribution in [0.2, 0.25) is 5.02 Å².